The van der Waals surface area contributed by atoms with Crippen LogP contribution >= 0.6 is 35.6 Å². The highest BCUT2D eigenvalue weighted by Gasteiger charge is 2.42. The maximum atomic E-state index is 6.34. The highest BCUT2D eigenvalue weighted by atomic mass is 127. The lowest BCUT2D eigenvalue weighted by atomic mass is 9.87. The molecule has 3 heterocycles. The van der Waals surface area contributed by atoms with Crippen LogP contribution < -0.4 is 14.8 Å². The summed E-state index contributed by atoms with van der Waals surface area (Å²) < 4.78 is 16.9. The van der Waals surface area contributed by atoms with Gasteiger partial charge in [0, 0.05) is 31.7 Å². The summed E-state index contributed by atoms with van der Waals surface area (Å²) in [4.78, 5) is 7.20. The topological polar surface area (TPSA) is 55.3 Å². The Morgan fingerprint density at radius 2 is 2.11 bits per heavy atom. The van der Waals surface area contributed by atoms with Crippen LogP contribution in [0.5, 0.6) is 11.5 Å². The molecule has 3 aliphatic heterocycles. The summed E-state index contributed by atoms with van der Waals surface area (Å²) in [5.41, 5.74) is 1.34. The Bertz CT molecular complexity index is 695. The molecule has 4 rings (SSSR count). The minimum atomic E-state index is 0. The average Bonchev–Trinajstić information content (AvgIpc) is 3.29. The Morgan fingerprint density at radius 1 is 1.26 bits per heavy atom. The molecule has 2 saturated heterocycles. The number of hydrogen-bond donors (Lipinski definition) is 1. The number of ether oxygens (including phenoxy) is 3. The molecule has 3 aliphatic rings. The number of halogens is 2. The number of likely N-dealkylation sites (tertiary alicyclic amines) is 1. The lowest BCUT2D eigenvalue weighted by molar-refractivity contribution is 0.156. The van der Waals surface area contributed by atoms with E-state index in [1.807, 2.05) is 12.1 Å². The van der Waals surface area contributed by atoms with Crippen molar-refractivity contribution in [3.8, 4) is 11.5 Å². The van der Waals surface area contributed by atoms with Crippen LogP contribution in [0.4, 0.5) is 0 Å². The van der Waals surface area contributed by atoms with E-state index >= 15 is 0 Å². The van der Waals surface area contributed by atoms with Crippen LogP contribution in [0.2, 0.25) is 5.02 Å². The van der Waals surface area contributed by atoms with E-state index in [0.29, 0.717) is 41.7 Å². The molecule has 1 aromatic rings. The second kappa shape index (κ2) is 9.05. The van der Waals surface area contributed by atoms with Gasteiger partial charge in [-0.3, -0.25) is 0 Å². The zero-order chi connectivity index (χ0) is 18.0. The fourth-order valence-corrected chi connectivity index (χ4v) is 4.22. The number of aliphatic imine (C=N–C) groups is 1. The number of guanidine groups is 1. The molecule has 1 unspecified atom stereocenters. The number of hydrogen-bond acceptors (Lipinski definition) is 4. The third kappa shape index (κ3) is 4.56. The first-order chi connectivity index (χ1) is 12.7. The van der Waals surface area contributed by atoms with E-state index in [2.05, 4.69) is 17.1 Å². The second-order valence-electron chi connectivity index (χ2n) is 7.25. The molecule has 0 bridgehead atoms. The summed E-state index contributed by atoms with van der Waals surface area (Å²) in [7, 11) is 0. The fourth-order valence-electron chi connectivity index (χ4n) is 3.93. The van der Waals surface area contributed by atoms with Gasteiger partial charge in [0.05, 0.1) is 18.2 Å². The van der Waals surface area contributed by atoms with Gasteiger partial charge in [0.25, 0.3) is 0 Å². The molecule has 150 valence electrons. The van der Waals surface area contributed by atoms with Crippen molar-refractivity contribution >= 4 is 41.5 Å². The van der Waals surface area contributed by atoms with Crippen LogP contribution in [0, 0.1) is 5.41 Å². The molecular formula is C19H27ClIN3O3. The number of benzene rings is 1. The predicted octanol–water partition coefficient (Wildman–Crippen LogP) is 3.31. The molecule has 1 N–H and O–H groups in total. The third-order valence-electron chi connectivity index (χ3n) is 5.33. The van der Waals surface area contributed by atoms with Crippen molar-refractivity contribution < 1.29 is 14.2 Å². The number of nitrogens with one attached hydrogen (secondary N) is 1. The third-order valence-corrected chi connectivity index (χ3v) is 5.61. The lowest BCUT2D eigenvalue weighted by Gasteiger charge is -2.25. The molecule has 6 nitrogen and oxygen atoms in total. The zero-order valence-corrected chi connectivity index (χ0v) is 18.7. The predicted molar refractivity (Wildman–Crippen MR) is 117 cm³/mol. The summed E-state index contributed by atoms with van der Waals surface area (Å²) in [6.45, 7) is 8.39. The lowest BCUT2D eigenvalue weighted by Crippen LogP contribution is -2.41. The van der Waals surface area contributed by atoms with Crippen molar-refractivity contribution in [2.45, 2.75) is 26.3 Å². The summed E-state index contributed by atoms with van der Waals surface area (Å²) >= 11 is 6.34. The number of fused-ring (bicyclic) bond motifs is 1. The minimum absolute atomic E-state index is 0. The minimum Gasteiger partial charge on any atom is -0.486 e. The van der Waals surface area contributed by atoms with Gasteiger partial charge in [0.1, 0.15) is 13.2 Å². The van der Waals surface area contributed by atoms with E-state index in [1.165, 1.54) is 6.42 Å². The molecule has 8 heteroatoms. The van der Waals surface area contributed by atoms with Gasteiger partial charge in [-0.05, 0) is 37.5 Å². The number of nitrogens with zero attached hydrogens (tertiary/aromatic N) is 2. The Balaban J connectivity index is 0.00000210. The Kier molecular flexibility index (Phi) is 6.97. The average molecular weight is 508 g/mol. The largest absolute Gasteiger partial charge is 0.486 e. The molecule has 2 fully saturated rings. The van der Waals surface area contributed by atoms with Crippen LogP contribution in [-0.2, 0) is 11.3 Å². The summed E-state index contributed by atoms with van der Waals surface area (Å²) in [6, 6.07) is 3.89. The maximum Gasteiger partial charge on any atom is 0.194 e. The van der Waals surface area contributed by atoms with Gasteiger partial charge in [-0.15, -0.1) is 24.0 Å². The van der Waals surface area contributed by atoms with Gasteiger partial charge in [-0.25, -0.2) is 4.99 Å². The monoisotopic (exact) mass is 507 g/mol. The molecule has 0 amide bonds. The molecule has 0 radical (unpaired) electrons. The molecular weight excluding hydrogens is 481 g/mol. The number of rotatable bonds is 3. The summed E-state index contributed by atoms with van der Waals surface area (Å²) in [5, 5.41) is 4.01. The molecule has 0 saturated carbocycles. The smallest absolute Gasteiger partial charge is 0.194 e. The van der Waals surface area contributed by atoms with Crippen LogP contribution in [0.15, 0.2) is 17.1 Å². The Labute approximate surface area is 182 Å². The molecule has 0 aromatic heterocycles. The van der Waals surface area contributed by atoms with E-state index in [-0.39, 0.29) is 24.0 Å². The molecule has 0 aliphatic carbocycles. The highest BCUT2D eigenvalue weighted by molar-refractivity contribution is 14.0. The molecule has 1 atom stereocenters. The highest BCUT2D eigenvalue weighted by Crippen LogP contribution is 2.39. The molecule has 1 spiro atoms. The van der Waals surface area contributed by atoms with Crippen molar-refractivity contribution in [1.82, 2.24) is 10.2 Å². The van der Waals surface area contributed by atoms with E-state index < -0.39 is 0 Å². The standard InChI is InChI=1S/C19H26ClN3O3.HI/c1-2-21-18(23-5-3-19(12-23)4-6-24-13-19)22-11-14-9-15(20)17-16(10-14)25-7-8-26-17;/h9-10H,2-8,11-13H2,1H3,(H,21,22);1H. The van der Waals surface area contributed by atoms with Crippen molar-refractivity contribution in [2.24, 2.45) is 10.4 Å². The van der Waals surface area contributed by atoms with Crippen molar-refractivity contribution in [3.63, 3.8) is 0 Å². The van der Waals surface area contributed by atoms with E-state index in [1.54, 1.807) is 0 Å². The van der Waals surface area contributed by atoms with Gasteiger partial charge < -0.3 is 24.4 Å². The Morgan fingerprint density at radius 3 is 2.89 bits per heavy atom. The van der Waals surface area contributed by atoms with Gasteiger partial charge >= 0.3 is 0 Å². The van der Waals surface area contributed by atoms with Crippen LogP contribution in [0.3, 0.4) is 0 Å². The SMILES string of the molecule is CCNC(=NCc1cc(Cl)c2c(c1)OCCO2)N1CCC2(CCOC2)C1.I. The van der Waals surface area contributed by atoms with Gasteiger partial charge in [-0.1, -0.05) is 11.6 Å². The first kappa shape index (κ1) is 20.8. The van der Waals surface area contributed by atoms with E-state index in [9.17, 15) is 0 Å². The fraction of sp³-hybridized carbons (Fsp3) is 0.632. The van der Waals surface area contributed by atoms with Crippen molar-refractivity contribution in [1.29, 1.82) is 0 Å². The normalized spacial score (nSPS) is 24.2. The maximum absolute atomic E-state index is 6.34. The zero-order valence-electron chi connectivity index (χ0n) is 15.6. The summed E-state index contributed by atoms with van der Waals surface area (Å²) in [5.74, 6) is 2.31. The van der Waals surface area contributed by atoms with Gasteiger partial charge in [0.15, 0.2) is 17.5 Å². The van der Waals surface area contributed by atoms with Gasteiger partial charge in [-0.2, -0.15) is 0 Å². The molecule has 27 heavy (non-hydrogen) atoms. The van der Waals surface area contributed by atoms with E-state index in [0.717, 1.165) is 50.8 Å². The second-order valence-corrected chi connectivity index (χ2v) is 7.65. The van der Waals surface area contributed by atoms with Crippen LogP contribution in [0.1, 0.15) is 25.3 Å². The quantitative estimate of drug-likeness (QED) is 0.387. The van der Waals surface area contributed by atoms with Crippen LogP contribution in [0.25, 0.3) is 0 Å². The van der Waals surface area contributed by atoms with Crippen molar-refractivity contribution in [3.05, 3.63) is 22.7 Å². The Hall–Kier alpha value is -0.930. The van der Waals surface area contributed by atoms with E-state index in [4.69, 9.17) is 30.8 Å². The summed E-state index contributed by atoms with van der Waals surface area (Å²) in [6.07, 6.45) is 2.33. The molecule has 1 aromatic carbocycles. The van der Waals surface area contributed by atoms with Crippen LogP contribution in [-0.4, -0.2) is 56.9 Å². The van der Waals surface area contributed by atoms with Gasteiger partial charge in [0.2, 0.25) is 0 Å². The first-order valence-electron chi connectivity index (χ1n) is 9.38. The first-order valence-corrected chi connectivity index (χ1v) is 9.76. The van der Waals surface area contributed by atoms with Crippen molar-refractivity contribution in [2.75, 3.05) is 46.1 Å².